The zero-order valence-corrected chi connectivity index (χ0v) is 27.3. The molecule has 1 aliphatic rings. The van der Waals surface area contributed by atoms with Crippen molar-refractivity contribution < 1.29 is 34.0 Å². The zero-order chi connectivity index (χ0) is 34.7. The average molecular weight is 674 g/mol. The first-order valence-electron chi connectivity index (χ1n) is 16.0. The largest absolute Gasteiger partial charge is 0.497 e. The van der Waals surface area contributed by atoms with E-state index >= 15 is 0 Å². The number of anilines is 1. The standard InChI is InChI=1S/C38H35N5O7/c1-47-28-17-13-26(14-18-28)38(25-11-7-4-8-12-25,27-15-19-29(48-2)20-16-27)49-21-30-32(44)33(45)37(50-30)43-23-41-31-34(39-22-40-35(31)43)42-36(46)24-9-5-3-6-10-24/h3-20,22-23,30,32-33,37,44-45H,21H2,1-2H3,(H,39,40,42,46). The lowest BCUT2D eigenvalue weighted by Crippen LogP contribution is -2.39. The molecule has 7 rings (SSSR count). The molecule has 0 radical (unpaired) electrons. The first kappa shape index (κ1) is 32.9. The number of aliphatic hydroxyl groups is 2. The van der Waals surface area contributed by atoms with Crippen LogP contribution in [0, 0.1) is 0 Å². The number of nitrogens with one attached hydrogen (secondary N) is 1. The topological polar surface area (TPSA) is 150 Å². The number of aliphatic hydroxyl groups excluding tert-OH is 2. The first-order valence-corrected chi connectivity index (χ1v) is 16.0. The molecule has 1 aliphatic heterocycles. The molecule has 12 heteroatoms. The minimum atomic E-state index is -1.36. The van der Waals surface area contributed by atoms with Crippen LogP contribution in [0.4, 0.5) is 5.82 Å². The van der Waals surface area contributed by atoms with Crippen molar-refractivity contribution in [1.29, 1.82) is 0 Å². The number of benzene rings is 4. The van der Waals surface area contributed by atoms with Gasteiger partial charge in [0.1, 0.15) is 41.7 Å². The molecular weight excluding hydrogens is 638 g/mol. The number of carbonyl (C=O) groups excluding carboxylic acids is 1. The Morgan fingerprint density at radius 3 is 1.96 bits per heavy atom. The Labute approximate surface area is 287 Å². The van der Waals surface area contributed by atoms with Crippen molar-refractivity contribution in [2.24, 2.45) is 0 Å². The van der Waals surface area contributed by atoms with Gasteiger partial charge in [-0.15, -0.1) is 0 Å². The maximum atomic E-state index is 12.9. The van der Waals surface area contributed by atoms with Crippen molar-refractivity contribution in [2.75, 3.05) is 26.1 Å². The van der Waals surface area contributed by atoms with Crippen LogP contribution >= 0.6 is 0 Å². The summed E-state index contributed by atoms with van der Waals surface area (Å²) in [7, 11) is 3.22. The number of carbonyl (C=O) groups is 1. The van der Waals surface area contributed by atoms with E-state index < -0.39 is 30.1 Å². The molecule has 4 aromatic carbocycles. The number of imidazole rings is 1. The molecule has 6 aromatic rings. The molecule has 3 heterocycles. The summed E-state index contributed by atoms with van der Waals surface area (Å²) in [6.07, 6.45) is -1.97. The highest BCUT2D eigenvalue weighted by Crippen LogP contribution is 2.43. The Morgan fingerprint density at radius 1 is 0.780 bits per heavy atom. The van der Waals surface area contributed by atoms with E-state index in [0.717, 1.165) is 16.7 Å². The fourth-order valence-corrected chi connectivity index (χ4v) is 6.28. The number of hydrogen-bond acceptors (Lipinski definition) is 10. The van der Waals surface area contributed by atoms with Crippen LogP contribution in [0.2, 0.25) is 0 Å². The summed E-state index contributed by atoms with van der Waals surface area (Å²) < 4.78 is 25.6. The summed E-state index contributed by atoms with van der Waals surface area (Å²) in [6.45, 7) is -0.109. The Balaban J connectivity index is 1.20. The predicted molar refractivity (Wildman–Crippen MR) is 184 cm³/mol. The number of methoxy groups -OCH3 is 2. The molecule has 1 saturated heterocycles. The number of aromatic nitrogens is 4. The van der Waals surface area contributed by atoms with Crippen LogP contribution < -0.4 is 14.8 Å². The van der Waals surface area contributed by atoms with Gasteiger partial charge in [0.05, 0.1) is 27.2 Å². The van der Waals surface area contributed by atoms with Gasteiger partial charge < -0.3 is 34.5 Å². The van der Waals surface area contributed by atoms with E-state index in [0.29, 0.717) is 28.2 Å². The molecule has 50 heavy (non-hydrogen) atoms. The highest BCUT2D eigenvalue weighted by molar-refractivity contribution is 6.06. The second-order valence-electron chi connectivity index (χ2n) is 11.7. The van der Waals surface area contributed by atoms with E-state index in [1.54, 1.807) is 38.5 Å². The Hall–Kier alpha value is -5.66. The van der Waals surface area contributed by atoms with Gasteiger partial charge in [-0.3, -0.25) is 9.36 Å². The number of ether oxygens (including phenoxy) is 4. The van der Waals surface area contributed by atoms with Crippen LogP contribution in [-0.2, 0) is 15.1 Å². The molecule has 2 aromatic heterocycles. The first-order chi connectivity index (χ1) is 24.4. The van der Waals surface area contributed by atoms with Crippen molar-refractivity contribution >= 4 is 22.9 Å². The van der Waals surface area contributed by atoms with E-state index in [2.05, 4.69) is 20.3 Å². The van der Waals surface area contributed by atoms with Gasteiger partial charge in [-0.1, -0.05) is 72.8 Å². The monoisotopic (exact) mass is 673 g/mol. The van der Waals surface area contributed by atoms with Crippen LogP contribution in [0.1, 0.15) is 33.3 Å². The average Bonchev–Trinajstić information content (AvgIpc) is 3.73. The lowest BCUT2D eigenvalue weighted by molar-refractivity contribution is -0.0942. The minimum Gasteiger partial charge on any atom is -0.497 e. The van der Waals surface area contributed by atoms with Gasteiger partial charge in [0.2, 0.25) is 0 Å². The van der Waals surface area contributed by atoms with Gasteiger partial charge in [0.15, 0.2) is 23.2 Å². The summed E-state index contributed by atoms with van der Waals surface area (Å²) in [6, 6.07) is 33.7. The molecular formula is C38H35N5O7. The minimum absolute atomic E-state index is 0.109. The normalized spacial score (nSPS) is 19.0. The number of fused-ring (bicyclic) bond motifs is 1. The van der Waals surface area contributed by atoms with E-state index in [-0.39, 0.29) is 18.3 Å². The SMILES string of the molecule is COc1ccc(C(OCC2OC(n3cnc4c(NC(=O)c5ccccc5)ncnc43)C(O)C2O)(c2ccccc2)c2ccc(OC)cc2)cc1. The van der Waals surface area contributed by atoms with Crippen molar-refractivity contribution in [3.8, 4) is 11.5 Å². The predicted octanol–water partition coefficient (Wildman–Crippen LogP) is 4.72. The van der Waals surface area contributed by atoms with E-state index in [1.807, 2.05) is 84.9 Å². The van der Waals surface area contributed by atoms with Crippen LogP contribution in [0.15, 0.2) is 122 Å². The van der Waals surface area contributed by atoms with E-state index in [9.17, 15) is 15.0 Å². The Morgan fingerprint density at radius 2 is 1.36 bits per heavy atom. The molecule has 0 aliphatic carbocycles. The molecule has 1 amide bonds. The Kier molecular flexibility index (Phi) is 9.24. The maximum absolute atomic E-state index is 12.9. The van der Waals surface area contributed by atoms with E-state index in [4.69, 9.17) is 18.9 Å². The number of rotatable bonds is 11. The quantitative estimate of drug-likeness (QED) is 0.165. The summed E-state index contributed by atoms with van der Waals surface area (Å²) in [5, 5.41) is 25.4. The number of nitrogens with zero attached hydrogens (tertiary/aromatic N) is 4. The second kappa shape index (κ2) is 14.1. The van der Waals surface area contributed by atoms with Crippen molar-refractivity contribution in [3.63, 3.8) is 0 Å². The fourth-order valence-electron chi connectivity index (χ4n) is 6.28. The zero-order valence-electron chi connectivity index (χ0n) is 27.3. The third-order valence-electron chi connectivity index (χ3n) is 8.88. The molecule has 4 unspecified atom stereocenters. The Bertz CT molecular complexity index is 2010. The fraction of sp³-hybridized carbons (Fsp3) is 0.211. The lowest BCUT2D eigenvalue weighted by Gasteiger charge is -2.37. The maximum Gasteiger partial charge on any atom is 0.256 e. The van der Waals surface area contributed by atoms with E-state index in [1.165, 1.54) is 17.2 Å². The van der Waals surface area contributed by atoms with Crippen molar-refractivity contribution in [3.05, 3.63) is 144 Å². The third kappa shape index (κ3) is 6.05. The van der Waals surface area contributed by atoms with Crippen LogP contribution in [0.5, 0.6) is 11.5 Å². The van der Waals surface area contributed by atoms with Crippen molar-refractivity contribution in [1.82, 2.24) is 19.5 Å². The van der Waals surface area contributed by atoms with Gasteiger partial charge >= 0.3 is 0 Å². The molecule has 4 atom stereocenters. The molecule has 0 saturated carbocycles. The highest BCUT2D eigenvalue weighted by Gasteiger charge is 2.47. The number of hydrogen-bond donors (Lipinski definition) is 3. The molecule has 12 nitrogen and oxygen atoms in total. The molecule has 0 bridgehead atoms. The number of amides is 1. The van der Waals surface area contributed by atoms with Gasteiger partial charge in [0, 0.05) is 5.56 Å². The van der Waals surface area contributed by atoms with Gasteiger partial charge in [-0.05, 0) is 53.1 Å². The van der Waals surface area contributed by atoms with Crippen LogP contribution in [0.25, 0.3) is 11.2 Å². The molecule has 3 N–H and O–H groups in total. The van der Waals surface area contributed by atoms with Gasteiger partial charge in [-0.25, -0.2) is 15.0 Å². The smallest absolute Gasteiger partial charge is 0.256 e. The summed E-state index contributed by atoms with van der Waals surface area (Å²) in [5.74, 6) is 1.21. The summed E-state index contributed by atoms with van der Waals surface area (Å²) in [5.41, 5.74) is 2.34. The molecule has 1 fully saturated rings. The van der Waals surface area contributed by atoms with Crippen molar-refractivity contribution in [2.45, 2.75) is 30.1 Å². The summed E-state index contributed by atoms with van der Waals surface area (Å²) in [4.78, 5) is 25.9. The highest BCUT2D eigenvalue weighted by atomic mass is 16.6. The molecule has 0 spiro atoms. The van der Waals surface area contributed by atoms with Gasteiger partial charge in [-0.2, -0.15) is 0 Å². The second-order valence-corrected chi connectivity index (χ2v) is 11.7. The summed E-state index contributed by atoms with van der Waals surface area (Å²) >= 11 is 0. The molecule has 254 valence electrons. The lowest BCUT2D eigenvalue weighted by atomic mass is 9.80. The van der Waals surface area contributed by atoms with Gasteiger partial charge in [0.25, 0.3) is 5.91 Å². The van der Waals surface area contributed by atoms with Crippen LogP contribution in [0.3, 0.4) is 0 Å². The third-order valence-corrected chi connectivity index (χ3v) is 8.88. The van der Waals surface area contributed by atoms with Crippen LogP contribution in [-0.4, -0.2) is 74.8 Å².